The van der Waals surface area contributed by atoms with Crippen molar-refractivity contribution in [1.82, 2.24) is 14.9 Å². The molecule has 4 aromatic rings. The first kappa shape index (κ1) is 25.4. The summed E-state index contributed by atoms with van der Waals surface area (Å²) in [6.45, 7) is 7.68. The molecule has 0 radical (unpaired) electrons. The van der Waals surface area contributed by atoms with Crippen LogP contribution in [0, 0.1) is 13.8 Å². The lowest BCUT2D eigenvalue weighted by Gasteiger charge is -2.31. The number of rotatable bonds is 6. The topological polar surface area (TPSA) is 54.8 Å². The lowest BCUT2D eigenvalue weighted by Crippen LogP contribution is -2.36. The third kappa shape index (κ3) is 4.75. The third-order valence-electron chi connectivity index (χ3n) is 7.72. The molecule has 2 aliphatic rings. The molecule has 0 bridgehead atoms. The summed E-state index contributed by atoms with van der Waals surface area (Å²) in [5.41, 5.74) is 7.87. The number of thiocarbonyl (C=S) groups is 1. The molecule has 0 saturated carbocycles. The van der Waals surface area contributed by atoms with Gasteiger partial charge in [0.25, 0.3) is 0 Å². The van der Waals surface area contributed by atoms with Crippen molar-refractivity contribution in [2.75, 3.05) is 43.2 Å². The van der Waals surface area contributed by atoms with Crippen LogP contribution in [-0.2, 0) is 4.74 Å². The second kappa shape index (κ2) is 10.7. The Morgan fingerprint density at radius 2 is 1.62 bits per heavy atom. The van der Waals surface area contributed by atoms with Crippen molar-refractivity contribution in [1.29, 1.82) is 0 Å². The fourth-order valence-corrected chi connectivity index (χ4v) is 6.16. The predicted molar refractivity (Wildman–Crippen MR) is 159 cm³/mol. The molecule has 0 spiro atoms. The number of benzene rings is 2. The van der Waals surface area contributed by atoms with Gasteiger partial charge in [0.2, 0.25) is 0 Å². The largest absolute Gasteiger partial charge is 0.497 e. The molecule has 0 amide bonds. The number of aryl methyl sites for hydroxylation is 1. The Morgan fingerprint density at radius 3 is 2.28 bits per heavy atom. The second-order valence-corrected chi connectivity index (χ2v) is 10.4. The van der Waals surface area contributed by atoms with Crippen LogP contribution in [-0.4, -0.2) is 48.1 Å². The minimum Gasteiger partial charge on any atom is -0.497 e. The van der Waals surface area contributed by atoms with Gasteiger partial charge in [0.05, 0.1) is 38.1 Å². The Kier molecular flexibility index (Phi) is 6.97. The van der Waals surface area contributed by atoms with Gasteiger partial charge in [0.15, 0.2) is 5.11 Å². The summed E-state index contributed by atoms with van der Waals surface area (Å²) in [6.07, 6.45) is 1.84. The molecule has 200 valence electrons. The van der Waals surface area contributed by atoms with Gasteiger partial charge >= 0.3 is 0 Å². The maximum absolute atomic E-state index is 5.98. The van der Waals surface area contributed by atoms with Crippen LogP contribution in [0.15, 0.2) is 79.0 Å². The molecule has 0 aliphatic carbocycles. The highest BCUT2D eigenvalue weighted by Gasteiger charge is 2.42. The molecular weight excluding hydrogens is 506 g/mol. The zero-order chi connectivity index (χ0) is 26.9. The molecule has 2 aromatic heterocycles. The van der Waals surface area contributed by atoms with E-state index in [0.717, 1.165) is 54.8 Å². The van der Waals surface area contributed by atoms with E-state index in [1.54, 1.807) is 7.11 Å². The van der Waals surface area contributed by atoms with E-state index in [9.17, 15) is 0 Å². The fraction of sp³-hybridized carbons (Fsp3) is 0.290. The van der Waals surface area contributed by atoms with Crippen LogP contribution in [0.2, 0.25) is 0 Å². The monoisotopic (exact) mass is 539 g/mol. The van der Waals surface area contributed by atoms with E-state index >= 15 is 0 Å². The molecule has 2 aromatic carbocycles. The third-order valence-corrected chi connectivity index (χ3v) is 8.04. The highest BCUT2D eigenvalue weighted by Crippen LogP contribution is 2.44. The maximum Gasteiger partial charge on any atom is 0.174 e. The predicted octanol–water partition coefficient (Wildman–Crippen LogP) is 5.51. The summed E-state index contributed by atoms with van der Waals surface area (Å²) in [5.74, 6) is 0.841. The van der Waals surface area contributed by atoms with Gasteiger partial charge in [0.1, 0.15) is 5.75 Å². The SMILES string of the molecule is COc1ccc(-n2c(C)cc([C@H]3[C@H](c4ccccn4)NC(=S)N3c3ccc(N4CCOCC4)cc3)c2C)cc1. The van der Waals surface area contributed by atoms with Crippen LogP contribution in [0.25, 0.3) is 5.69 Å². The number of nitrogens with zero attached hydrogens (tertiary/aromatic N) is 4. The van der Waals surface area contributed by atoms with Gasteiger partial charge in [-0.25, -0.2) is 0 Å². The van der Waals surface area contributed by atoms with Crippen molar-refractivity contribution >= 4 is 28.7 Å². The van der Waals surface area contributed by atoms with Gasteiger partial charge in [-0.1, -0.05) is 6.07 Å². The smallest absolute Gasteiger partial charge is 0.174 e. The van der Waals surface area contributed by atoms with E-state index in [0.29, 0.717) is 5.11 Å². The number of hydrogen-bond acceptors (Lipinski definition) is 5. The number of hydrogen-bond donors (Lipinski definition) is 1. The first-order valence-electron chi connectivity index (χ1n) is 13.3. The summed E-state index contributed by atoms with van der Waals surface area (Å²) in [6, 6.07) is 25.1. The van der Waals surface area contributed by atoms with Crippen molar-refractivity contribution in [2.45, 2.75) is 25.9 Å². The Hall–Kier alpha value is -3.88. The molecule has 8 heteroatoms. The van der Waals surface area contributed by atoms with Crippen molar-refractivity contribution in [3.8, 4) is 11.4 Å². The Morgan fingerprint density at radius 1 is 0.923 bits per heavy atom. The van der Waals surface area contributed by atoms with E-state index in [-0.39, 0.29) is 12.1 Å². The van der Waals surface area contributed by atoms with Gasteiger partial charge in [-0.2, -0.15) is 0 Å². The Bertz CT molecular complexity index is 1450. The molecule has 4 heterocycles. The normalized spacial score (nSPS) is 19.3. The Labute approximate surface area is 235 Å². The highest BCUT2D eigenvalue weighted by atomic mass is 32.1. The van der Waals surface area contributed by atoms with Crippen LogP contribution >= 0.6 is 12.2 Å². The summed E-state index contributed by atoms with van der Waals surface area (Å²) >= 11 is 5.98. The van der Waals surface area contributed by atoms with Crippen LogP contribution in [0.1, 0.15) is 34.7 Å². The number of aromatic nitrogens is 2. The summed E-state index contributed by atoms with van der Waals surface area (Å²) in [5, 5.41) is 4.30. The van der Waals surface area contributed by atoms with Gasteiger partial charge < -0.3 is 29.2 Å². The molecular formula is C31H33N5O2S. The molecule has 0 unspecified atom stereocenters. The van der Waals surface area contributed by atoms with Crippen LogP contribution < -0.4 is 19.9 Å². The van der Waals surface area contributed by atoms with Crippen molar-refractivity contribution < 1.29 is 9.47 Å². The molecule has 2 atom stereocenters. The van der Waals surface area contributed by atoms with Crippen molar-refractivity contribution in [2.24, 2.45) is 0 Å². The number of methoxy groups -OCH3 is 1. The van der Waals surface area contributed by atoms with Crippen LogP contribution in [0.5, 0.6) is 5.75 Å². The van der Waals surface area contributed by atoms with Crippen LogP contribution in [0.3, 0.4) is 0 Å². The van der Waals surface area contributed by atoms with E-state index < -0.39 is 0 Å². The van der Waals surface area contributed by atoms with Crippen LogP contribution in [0.4, 0.5) is 11.4 Å². The fourth-order valence-electron chi connectivity index (χ4n) is 5.81. The van der Waals surface area contributed by atoms with E-state index in [1.165, 1.54) is 16.9 Å². The molecule has 2 fully saturated rings. The lowest BCUT2D eigenvalue weighted by molar-refractivity contribution is 0.122. The molecule has 6 rings (SSSR count). The van der Waals surface area contributed by atoms with Gasteiger partial charge in [-0.15, -0.1) is 0 Å². The van der Waals surface area contributed by atoms with Crippen molar-refractivity contribution in [3.63, 3.8) is 0 Å². The lowest BCUT2D eigenvalue weighted by atomic mass is 9.96. The first-order valence-corrected chi connectivity index (χ1v) is 13.7. The van der Waals surface area contributed by atoms with Gasteiger partial charge in [-0.3, -0.25) is 4.98 Å². The van der Waals surface area contributed by atoms with Gasteiger partial charge in [0, 0.05) is 47.7 Å². The second-order valence-electron chi connectivity index (χ2n) is 9.97. The number of pyridine rings is 1. The number of ether oxygens (including phenoxy) is 2. The quantitative estimate of drug-likeness (QED) is 0.324. The number of anilines is 2. The molecule has 2 saturated heterocycles. The zero-order valence-electron chi connectivity index (χ0n) is 22.5. The van der Waals surface area contributed by atoms with E-state index in [2.05, 4.69) is 82.1 Å². The zero-order valence-corrected chi connectivity index (χ0v) is 23.3. The highest BCUT2D eigenvalue weighted by molar-refractivity contribution is 7.80. The number of nitrogens with one attached hydrogen (secondary N) is 1. The van der Waals surface area contributed by atoms with Gasteiger partial charge in [-0.05, 0) is 98.4 Å². The Balaban J connectivity index is 1.42. The number of morpholine rings is 1. The molecule has 1 N–H and O–H groups in total. The van der Waals surface area contributed by atoms with E-state index in [4.69, 9.17) is 26.7 Å². The maximum atomic E-state index is 5.98. The molecule has 39 heavy (non-hydrogen) atoms. The summed E-state index contributed by atoms with van der Waals surface area (Å²) < 4.78 is 13.2. The van der Waals surface area contributed by atoms with Crippen molar-refractivity contribution in [3.05, 3.63) is 102 Å². The average molecular weight is 540 g/mol. The summed E-state index contributed by atoms with van der Waals surface area (Å²) in [4.78, 5) is 9.34. The average Bonchev–Trinajstić information content (AvgIpc) is 3.48. The first-order chi connectivity index (χ1) is 19.0. The minimum atomic E-state index is -0.0950. The van der Waals surface area contributed by atoms with E-state index in [1.807, 2.05) is 30.5 Å². The minimum absolute atomic E-state index is 0.0696. The molecule has 7 nitrogen and oxygen atoms in total. The standard InChI is InChI=1S/C31H33N5O2S/c1-21-20-27(22(2)35(21)24-11-13-26(37-3)14-12-24)30-29(28-6-4-5-15-32-28)33-31(39)36(30)25-9-7-23(8-10-25)34-16-18-38-19-17-34/h4-15,20,29-30H,16-19H2,1-3H3,(H,33,39)/t29-,30-/m0/s1. The molecule has 2 aliphatic heterocycles. The summed E-state index contributed by atoms with van der Waals surface area (Å²) in [7, 11) is 1.69.